The van der Waals surface area contributed by atoms with Crippen LogP contribution < -0.4 is 0 Å². The summed E-state index contributed by atoms with van der Waals surface area (Å²) in [5.74, 6) is 0.981. The van der Waals surface area contributed by atoms with E-state index in [1.165, 1.54) is 0 Å². The largest absolute Gasteiger partial charge is 0.320 e. The van der Waals surface area contributed by atoms with Crippen LogP contribution in [0.3, 0.4) is 0 Å². The standard InChI is InChI=1S/C6H7N3/c1-8-4-5-9-3-2-7-6(8)9/h2-5H,1H3. The molecule has 0 saturated carbocycles. The lowest BCUT2D eigenvalue weighted by molar-refractivity contribution is 0.937. The van der Waals surface area contributed by atoms with E-state index in [1.807, 2.05) is 34.6 Å². The van der Waals surface area contributed by atoms with Crippen molar-refractivity contribution >= 4 is 5.78 Å². The van der Waals surface area contributed by atoms with Crippen LogP contribution >= 0.6 is 0 Å². The fourth-order valence-electron chi connectivity index (χ4n) is 0.933. The summed E-state index contributed by atoms with van der Waals surface area (Å²) in [6.45, 7) is 0. The molecule has 0 fully saturated rings. The fraction of sp³-hybridized carbons (Fsp3) is 0.167. The van der Waals surface area contributed by atoms with Gasteiger partial charge in [-0.25, -0.2) is 4.98 Å². The van der Waals surface area contributed by atoms with E-state index >= 15 is 0 Å². The second kappa shape index (κ2) is 1.37. The van der Waals surface area contributed by atoms with Gasteiger partial charge in [-0.3, -0.25) is 4.40 Å². The molecule has 0 radical (unpaired) electrons. The van der Waals surface area contributed by atoms with Crippen molar-refractivity contribution < 1.29 is 0 Å². The summed E-state index contributed by atoms with van der Waals surface area (Å²) in [5, 5.41) is 0. The lowest BCUT2D eigenvalue weighted by atomic mass is 10.9. The maximum Gasteiger partial charge on any atom is 0.213 e. The second-order valence-corrected chi connectivity index (χ2v) is 2.04. The molecule has 0 N–H and O–H groups in total. The molecule has 0 aliphatic rings. The Morgan fingerprint density at radius 2 is 2.22 bits per heavy atom. The number of hydrogen-bond acceptors (Lipinski definition) is 1. The quantitative estimate of drug-likeness (QED) is 0.502. The van der Waals surface area contributed by atoms with Gasteiger partial charge in [0.25, 0.3) is 0 Å². The van der Waals surface area contributed by atoms with Gasteiger partial charge in [0, 0.05) is 31.8 Å². The van der Waals surface area contributed by atoms with Crippen LogP contribution in [0.15, 0.2) is 24.8 Å². The first kappa shape index (κ1) is 4.61. The van der Waals surface area contributed by atoms with Crippen molar-refractivity contribution in [2.24, 2.45) is 7.05 Å². The number of fused-ring (bicyclic) bond motifs is 1. The van der Waals surface area contributed by atoms with Gasteiger partial charge in [0.2, 0.25) is 5.78 Å². The predicted molar refractivity (Wildman–Crippen MR) is 34.2 cm³/mol. The van der Waals surface area contributed by atoms with Crippen LogP contribution in [0.5, 0.6) is 0 Å². The number of aryl methyl sites for hydroxylation is 1. The van der Waals surface area contributed by atoms with Crippen molar-refractivity contribution in [1.82, 2.24) is 14.0 Å². The summed E-state index contributed by atoms with van der Waals surface area (Å²) in [6.07, 6.45) is 7.66. The average Bonchev–Trinajstić information content (AvgIpc) is 2.35. The van der Waals surface area contributed by atoms with Crippen molar-refractivity contribution in [3.8, 4) is 0 Å². The monoisotopic (exact) mass is 121 g/mol. The molecule has 0 bridgehead atoms. The Hall–Kier alpha value is -1.25. The second-order valence-electron chi connectivity index (χ2n) is 2.04. The number of rotatable bonds is 0. The molecule has 0 spiro atoms. The van der Waals surface area contributed by atoms with Gasteiger partial charge in [-0.05, 0) is 0 Å². The molecule has 0 unspecified atom stereocenters. The molecular formula is C6H7N3. The molecule has 2 aromatic heterocycles. The smallest absolute Gasteiger partial charge is 0.213 e. The zero-order valence-electron chi connectivity index (χ0n) is 5.15. The highest BCUT2D eigenvalue weighted by atomic mass is 15.2. The molecule has 3 heteroatoms. The number of hydrogen-bond donors (Lipinski definition) is 0. The maximum atomic E-state index is 4.10. The Morgan fingerprint density at radius 3 is 3.00 bits per heavy atom. The minimum Gasteiger partial charge on any atom is -0.320 e. The average molecular weight is 121 g/mol. The summed E-state index contributed by atoms with van der Waals surface area (Å²) in [7, 11) is 1.97. The Kier molecular flexibility index (Phi) is 0.704. The van der Waals surface area contributed by atoms with E-state index in [9.17, 15) is 0 Å². The molecule has 0 saturated heterocycles. The number of aromatic nitrogens is 3. The summed E-state index contributed by atoms with van der Waals surface area (Å²) < 4.78 is 3.94. The van der Waals surface area contributed by atoms with Crippen LogP contribution in [0.2, 0.25) is 0 Å². The van der Waals surface area contributed by atoms with E-state index in [4.69, 9.17) is 0 Å². The summed E-state index contributed by atoms with van der Waals surface area (Å²) in [6, 6.07) is 0. The summed E-state index contributed by atoms with van der Waals surface area (Å²) in [5.41, 5.74) is 0. The van der Waals surface area contributed by atoms with Gasteiger partial charge in [-0.1, -0.05) is 0 Å². The molecule has 0 atom stereocenters. The molecule has 0 aliphatic heterocycles. The fourth-order valence-corrected chi connectivity index (χ4v) is 0.933. The lowest BCUT2D eigenvalue weighted by Crippen LogP contribution is -1.85. The number of imidazole rings is 2. The van der Waals surface area contributed by atoms with Crippen LogP contribution in [0.1, 0.15) is 0 Å². The minimum atomic E-state index is 0.981. The molecular weight excluding hydrogens is 114 g/mol. The highest BCUT2D eigenvalue weighted by molar-refractivity contribution is 5.28. The molecule has 0 aliphatic carbocycles. The van der Waals surface area contributed by atoms with Crippen LogP contribution in [-0.4, -0.2) is 14.0 Å². The van der Waals surface area contributed by atoms with E-state index in [-0.39, 0.29) is 0 Å². The van der Waals surface area contributed by atoms with Crippen molar-refractivity contribution in [3.63, 3.8) is 0 Å². The van der Waals surface area contributed by atoms with E-state index in [1.54, 1.807) is 6.20 Å². The zero-order chi connectivity index (χ0) is 6.27. The van der Waals surface area contributed by atoms with Gasteiger partial charge in [0.1, 0.15) is 0 Å². The molecule has 2 rings (SSSR count). The Morgan fingerprint density at radius 1 is 1.33 bits per heavy atom. The topological polar surface area (TPSA) is 22.2 Å². The molecule has 2 aromatic rings. The van der Waals surface area contributed by atoms with Crippen LogP contribution in [-0.2, 0) is 7.05 Å². The van der Waals surface area contributed by atoms with Crippen molar-refractivity contribution in [2.75, 3.05) is 0 Å². The van der Waals surface area contributed by atoms with Gasteiger partial charge in [0.05, 0.1) is 0 Å². The third-order valence-corrected chi connectivity index (χ3v) is 1.41. The van der Waals surface area contributed by atoms with Crippen molar-refractivity contribution in [2.45, 2.75) is 0 Å². The van der Waals surface area contributed by atoms with Crippen molar-refractivity contribution in [3.05, 3.63) is 24.8 Å². The molecule has 9 heavy (non-hydrogen) atoms. The van der Waals surface area contributed by atoms with E-state index in [0.29, 0.717) is 0 Å². The summed E-state index contributed by atoms with van der Waals surface area (Å²) in [4.78, 5) is 4.10. The Labute approximate surface area is 52.6 Å². The van der Waals surface area contributed by atoms with Gasteiger partial charge < -0.3 is 4.57 Å². The highest BCUT2D eigenvalue weighted by Crippen LogP contribution is 1.97. The van der Waals surface area contributed by atoms with Gasteiger partial charge in [-0.15, -0.1) is 0 Å². The lowest BCUT2D eigenvalue weighted by Gasteiger charge is -1.84. The highest BCUT2D eigenvalue weighted by Gasteiger charge is 1.93. The molecule has 46 valence electrons. The normalized spacial score (nSPS) is 10.8. The Balaban J connectivity index is 2.99. The number of nitrogens with zero attached hydrogens (tertiary/aromatic N) is 3. The SMILES string of the molecule is Cn1ccn2ccnc12. The first-order valence-electron chi connectivity index (χ1n) is 2.82. The van der Waals surface area contributed by atoms with Crippen LogP contribution in [0, 0.1) is 0 Å². The molecule has 0 aromatic carbocycles. The van der Waals surface area contributed by atoms with Crippen LogP contribution in [0.4, 0.5) is 0 Å². The van der Waals surface area contributed by atoms with Crippen molar-refractivity contribution in [1.29, 1.82) is 0 Å². The third-order valence-electron chi connectivity index (χ3n) is 1.41. The van der Waals surface area contributed by atoms with Gasteiger partial charge >= 0.3 is 0 Å². The van der Waals surface area contributed by atoms with Gasteiger partial charge in [0.15, 0.2) is 0 Å². The third kappa shape index (κ3) is 0.483. The summed E-state index contributed by atoms with van der Waals surface area (Å²) >= 11 is 0. The maximum absolute atomic E-state index is 4.10. The van der Waals surface area contributed by atoms with E-state index < -0.39 is 0 Å². The zero-order valence-corrected chi connectivity index (χ0v) is 5.15. The van der Waals surface area contributed by atoms with E-state index in [0.717, 1.165) is 5.78 Å². The molecule has 0 amide bonds. The molecule has 2 heterocycles. The first-order chi connectivity index (χ1) is 4.38. The van der Waals surface area contributed by atoms with Crippen LogP contribution in [0.25, 0.3) is 5.78 Å². The minimum absolute atomic E-state index is 0.981. The molecule has 3 nitrogen and oxygen atoms in total. The van der Waals surface area contributed by atoms with Gasteiger partial charge in [-0.2, -0.15) is 0 Å². The first-order valence-corrected chi connectivity index (χ1v) is 2.82. The Bertz CT molecular complexity index is 317. The predicted octanol–water partition coefficient (Wildman–Crippen LogP) is 0.673. The van der Waals surface area contributed by atoms with E-state index in [2.05, 4.69) is 4.98 Å².